The Balaban J connectivity index is 2.56. The van der Waals surface area contributed by atoms with Crippen molar-refractivity contribution in [2.75, 3.05) is 27.3 Å². The van der Waals surface area contributed by atoms with E-state index in [2.05, 4.69) is 24.9 Å². The van der Waals surface area contributed by atoms with Crippen molar-refractivity contribution in [1.29, 1.82) is 0 Å². The van der Waals surface area contributed by atoms with Crippen molar-refractivity contribution in [3.05, 3.63) is 34.9 Å². The molecule has 0 heterocycles. The largest absolute Gasteiger partial charge is 0.385 e. The topological polar surface area (TPSA) is 38.5 Å². The Hall–Kier alpha value is -0.610. The van der Waals surface area contributed by atoms with Crippen LogP contribution in [0.15, 0.2) is 24.3 Å². The van der Waals surface area contributed by atoms with Crippen molar-refractivity contribution in [3.63, 3.8) is 0 Å². The third kappa shape index (κ3) is 4.58. The molecule has 0 aliphatic heterocycles. The minimum atomic E-state index is 0.125. The molecule has 0 spiro atoms. The summed E-state index contributed by atoms with van der Waals surface area (Å²) in [6.07, 6.45) is 0.871. The van der Waals surface area contributed by atoms with Gasteiger partial charge in [0.2, 0.25) is 0 Å². The van der Waals surface area contributed by atoms with Crippen LogP contribution in [0.4, 0.5) is 0 Å². The molecule has 2 atom stereocenters. The maximum absolute atomic E-state index is 6.21. The number of hydrogen-bond donors (Lipinski definition) is 1. The second-order valence-corrected chi connectivity index (χ2v) is 5.09. The molecule has 0 aromatic heterocycles. The van der Waals surface area contributed by atoms with Crippen LogP contribution >= 0.6 is 11.6 Å². The first-order valence-electron chi connectivity index (χ1n) is 6.25. The van der Waals surface area contributed by atoms with Crippen LogP contribution in [0.25, 0.3) is 0 Å². The predicted molar refractivity (Wildman–Crippen MR) is 77.0 cm³/mol. The first-order valence-corrected chi connectivity index (χ1v) is 6.63. The molecule has 102 valence electrons. The number of rotatable bonds is 7. The van der Waals surface area contributed by atoms with E-state index >= 15 is 0 Å². The lowest BCUT2D eigenvalue weighted by atomic mass is 10.1. The van der Waals surface area contributed by atoms with Crippen molar-refractivity contribution in [2.45, 2.75) is 25.4 Å². The number of likely N-dealkylation sites (N-methyl/N-ethyl adjacent to an activating group) is 1. The fourth-order valence-corrected chi connectivity index (χ4v) is 2.23. The van der Waals surface area contributed by atoms with Gasteiger partial charge in [-0.2, -0.15) is 0 Å². The highest BCUT2D eigenvalue weighted by Crippen LogP contribution is 2.26. The highest BCUT2D eigenvalue weighted by atomic mass is 35.5. The van der Waals surface area contributed by atoms with Gasteiger partial charge in [-0.1, -0.05) is 29.8 Å². The Labute approximate surface area is 115 Å². The Bertz CT molecular complexity index is 359. The Morgan fingerprint density at radius 1 is 1.39 bits per heavy atom. The quantitative estimate of drug-likeness (QED) is 0.828. The number of ether oxygens (including phenoxy) is 1. The van der Waals surface area contributed by atoms with Crippen LogP contribution in [0.2, 0.25) is 5.02 Å². The van der Waals surface area contributed by atoms with E-state index in [0.717, 1.165) is 23.6 Å². The number of nitrogens with zero attached hydrogens (tertiary/aromatic N) is 1. The average Bonchev–Trinajstić information content (AvgIpc) is 2.36. The summed E-state index contributed by atoms with van der Waals surface area (Å²) in [6, 6.07) is 8.32. The summed E-state index contributed by atoms with van der Waals surface area (Å²) >= 11 is 6.21. The summed E-state index contributed by atoms with van der Waals surface area (Å²) in [5.74, 6) is 0. The number of halogens is 1. The van der Waals surface area contributed by atoms with E-state index in [4.69, 9.17) is 22.1 Å². The molecule has 1 aromatic carbocycles. The third-order valence-electron chi connectivity index (χ3n) is 3.23. The molecule has 1 aromatic rings. The Morgan fingerprint density at radius 2 is 2.06 bits per heavy atom. The first kappa shape index (κ1) is 15.4. The lowest BCUT2D eigenvalue weighted by molar-refractivity contribution is 0.172. The summed E-state index contributed by atoms with van der Waals surface area (Å²) in [4.78, 5) is 2.22. The minimum Gasteiger partial charge on any atom is -0.385 e. The van der Waals surface area contributed by atoms with E-state index in [0.29, 0.717) is 6.61 Å². The van der Waals surface area contributed by atoms with Gasteiger partial charge in [-0.25, -0.2) is 0 Å². The molecule has 0 radical (unpaired) electrons. The molecule has 0 aliphatic rings. The molecular weight excluding hydrogens is 248 g/mol. The van der Waals surface area contributed by atoms with Crippen LogP contribution < -0.4 is 5.73 Å². The van der Waals surface area contributed by atoms with Gasteiger partial charge in [0.1, 0.15) is 0 Å². The predicted octanol–water partition coefficient (Wildman–Crippen LogP) is 2.70. The van der Waals surface area contributed by atoms with Gasteiger partial charge < -0.3 is 10.5 Å². The lowest BCUT2D eigenvalue weighted by Gasteiger charge is -2.28. The van der Waals surface area contributed by atoms with Crippen molar-refractivity contribution in [1.82, 2.24) is 4.90 Å². The molecule has 0 fully saturated rings. The Morgan fingerprint density at radius 3 is 2.67 bits per heavy atom. The summed E-state index contributed by atoms with van der Waals surface area (Å²) in [7, 11) is 3.77. The standard InChI is InChI=1S/C14H23ClN2O/c1-11(13-6-4-5-7-14(13)15)17(2)10-12(16)8-9-18-3/h4-7,11-12H,8-10,16H2,1-3H3. The summed E-state index contributed by atoms with van der Waals surface area (Å²) in [6.45, 7) is 3.68. The maximum Gasteiger partial charge on any atom is 0.0477 e. The number of nitrogens with two attached hydrogens (primary N) is 1. The van der Waals surface area contributed by atoms with Crippen LogP contribution in [-0.2, 0) is 4.74 Å². The molecule has 0 saturated heterocycles. The van der Waals surface area contributed by atoms with E-state index in [-0.39, 0.29) is 12.1 Å². The minimum absolute atomic E-state index is 0.125. The van der Waals surface area contributed by atoms with Crippen molar-refractivity contribution in [2.24, 2.45) is 5.73 Å². The number of methoxy groups -OCH3 is 1. The lowest BCUT2D eigenvalue weighted by Crippen LogP contribution is -2.37. The molecule has 1 rings (SSSR count). The van der Waals surface area contributed by atoms with Gasteiger partial charge >= 0.3 is 0 Å². The zero-order valence-corrected chi connectivity index (χ0v) is 12.2. The van der Waals surface area contributed by atoms with Gasteiger partial charge in [0.25, 0.3) is 0 Å². The fourth-order valence-electron chi connectivity index (χ4n) is 1.94. The van der Waals surface area contributed by atoms with Crippen LogP contribution in [0.5, 0.6) is 0 Å². The van der Waals surface area contributed by atoms with Gasteiger partial charge in [-0.3, -0.25) is 4.90 Å². The third-order valence-corrected chi connectivity index (χ3v) is 3.58. The van der Waals surface area contributed by atoms with Crippen LogP contribution in [0.1, 0.15) is 24.9 Å². The average molecular weight is 271 g/mol. The van der Waals surface area contributed by atoms with E-state index in [1.807, 2.05) is 18.2 Å². The van der Waals surface area contributed by atoms with Crippen LogP contribution in [-0.4, -0.2) is 38.3 Å². The molecule has 2 N–H and O–H groups in total. The molecule has 4 heteroatoms. The van der Waals surface area contributed by atoms with Gasteiger partial charge in [-0.05, 0) is 32.0 Å². The molecule has 18 heavy (non-hydrogen) atoms. The number of hydrogen-bond acceptors (Lipinski definition) is 3. The van der Waals surface area contributed by atoms with Crippen molar-refractivity contribution in [3.8, 4) is 0 Å². The number of benzene rings is 1. The van der Waals surface area contributed by atoms with Crippen LogP contribution in [0, 0.1) is 0 Å². The summed E-state index contributed by atoms with van der Waals surface area (Å²) in [5, 5.41) is 0.808. The summed E-state index contributed by atoms with van der Waals surface area (Å²) < 4.78 is 5.04. The molecule has 0 amide bonds. The SMILES string of the molecule is COCCC(N)CN(C)C(C)c1ccccc1Cl. The second-order valence-electron chi connectivity index (χ2n) is 4.68. The van der Waals surface area contributed by atoms with Gasteiger partial charge in [-0.15, -0.1) is 0 Å². The van der Waals surface area contributed by atoms with E-state index in [1.165, 1.54) is 0 Å². The van der Waals surface area contributed by atoms with Crippen LogP contribution in [0.3, 0.4) is 0 Å². The highest BCUT2D eigenvalue weighted by Gasteiger charge is 2.16. The maximum atomic E-state index is 6.21. The molecule has 0 aliphatic carbocycles. The molecule has 0 saturated carbocycles. The van der Waals surface area contributed by atoms with Gasteiger partial charge in [0, 0.05) is 37.4 Å². The first-order chi connectivity index (χ1) is 8.56. The van der Waals surface area contributed by atoms with Gasteiger partial charge in [0.05, 0.1) is 0 Å². The zero-order chi connectivity index (χ0) is 13.5. The highest BCUT2D eigenvalue weighted by molar-refractivity contribution is 6.31. The molecule has 2 unspecified atom stereocenters. The molecular formula is C14H23ClN2O. The molecule has 3 nitrogen and oxygen atoms in total. The normalized spacial score (nSPS) is 14.8. The zero-order valence-electron chi connectivity index (χ0n) is 11.4. The van der Waals surface area contributed by atoms with E-state index in [9.17, 15) is 0 Å². The Kier molecular flexibility index (Phi) is 6.65. The smallest absolute Gasteiger partial charge is 0.0477 e. The monoisotopic (exact) mass is 270 g/mol. The molecule has 0 bridgehead atoms. The van der Waals surface area contributed by atoms with E-state index < -0.39 is 0 Å². The second kappa shape index (κ2) is 7.74. The van der Waals surface area contributed by atoms with Gasteiger partial charge in [0.15, 0.2) is 0 Å². The van der Waals surface area contributed by atoms with Crippen molar-refractivity contribution >= 4 is 11.6 Å². The van der Waals surface area contributed by atoms with Crippen molar-refractivity contribution < 1.29 is 4.74 Å². The fraction of sp³-hybridized carbons (Fsp3) is 0.571. The van der Waals surface area contributed by atoms with E-state index in [1.54, 1.807) is 7.11 Å². The summed E-state index contributed by atoms with van der Waals surface area (Å²) in [5.41, 5.74) is 7.20.